The molecule has 0 atom stereocenters. The first-order valence-electron chi connectivity index (χ1n) is 6.47. The topological polar surface area (TPSA) is 63.4 Å². The Kier molecular flexibility index (Phi) is 5.17. The van der Waals surface area contributed by atoms with Gasteiger partial charge < -0.3 is 5.73 Å². The molecule has 1 aromatic carbocycles. The summed E-state index contributed by atoms with van der Waals surface area (Å²) in [6.07, 6.45) is 3.83. The molecule has 0 amide bonds. The van der Waals surface area contributed by atoms with E-state index in [1.165, 1.54) is 4.31 Å². The molecule has 0 saturated heterocycles. The van der Waals surface area contributed by atoms with Gasteiger partial charge in [0.2, 0.25) is 10.0 Å². The van der Waals surface area contributed by atoms with E-state index in [1.54, 1.807) is 24.3 Å². The fourth-order valence-electron chi connectivity index (χ4n) is 2.54. The van der Waals surface area contributed by atoms with Gasteiger partial charge in [-0.25, -0.2) is 8.42 Å². The van der Waals surface area contributed by atoms with E-state index in [9.17, 15) is 8.42 Å². The van der Waals surface area contributed by atoms with Crippen LogP contribution in [0.5, 0.6) is 0 Å². The molecule has 1 aliphatic rings. The van der Waals surface area contributed by atoms with Crippen LogP contribution in [0.4, 0.5) is 0 Å². The molecule has 0 bridgehead atoms. The zero-order chi connectivity index (χ0) is 14.8. The molecule has 2 rings (SSSR count). The van der Waals surface area contributed by atoms with Crippen LogP contribution in [0.25, 0.3) is 0 Å². The van der Waals surface area contributed by atoms with E-state index in [4.69, 9.17) is 18.0 Å². The third kappa shape index (κ3) is 3.39. The lowest BCUT2D eigenvalue weighted by molar-refractivity contribution is 0.355. The predicted octanol–water partition coefficient (Wildman–Crippen LogP) is 2.67. The molecule has 0 heterocycles. The Hall–Kier alpha value is -0.500. The maximum Gasteiger partial charge on any atom is 0.244 e. The largest absolute Gasteiger partial charge is 0.392 e. The highest BCUT2D eigenvalue weighted by molar-refractivity contribution is 9.10. The number of sulfonamides is 1. The van der Waals surface area contributed by atoms with Crippen LogP contribution in [0.2, 0.25) is 0 Å². The smallest absolute Gasteiger partial charge is 0.244 e. The van der Waals surface area contributed by atoms with Gasteiger partial charge in [0.1, 0.15) is 0 Å². The second-order valence-electron chi connectivity index (χ2n) is 4.89. The van der Waals surface area contributed by atoms with E-state index >= 15 is 0 Å². The molecular formula is C13H17BrN2O2S2. The number of thiocarbonyl (C=S) groups is 1. The highest BCUT2D eigenvalue weighted by atomic mass is 79.9. The summed E-state index contributed by atoms with van der Waals surface area (Å²) < 4.78 is 27.7. The summed E-state index contributed by atoms with van der Waals surface area (Å²) in [5.74, 6) is 0. The average molecular weight is 377 g/mol. The molecule has 1 aliphatic carbocycles. The first-order chi connectivity index (χ1) is 9.43. The van der Waals surface area contributed by atoms with Gasteiger partial charge in [-0.05, 0) is 40.9 Å². The second-order valence-corrected chi connectivity index (χ2v) is 8.12. The van der Waals surface area contributed by atoms with Gasteiger partial charge in [0.15, 0.2) is 0 Å². The van der Waals surface area contributed by atoms with Crippen molar-refractivity contribution in [2.24, 2.45) is 5.73 Å². The van der Waals surface area contributed by atoms with Crippen molar-refractivity contribution < 1.29 is 8.42 Å². The van der Waals surface area contributed by atoms with Gasteiger partial charge in [-0.1, -0.05) is 37.2 Å². The third-order valence-corrected chi connectivity index (χ3v) is 6.51. The summed E-state index contributed by atoms with van der Waals surface area (Å²) in [6.45, 7) is 0.101. The van der Waals surface area contributed by atoms with Gasteiger partial charge in [-0.15, -0.1) is 0 Å². The van der Waals surface area contributed by atoms with Crippen LogP contribution in [0.1, 0.15) is 25.7 Å². The lowest BCUT2D eigenvalue weighted by atomic mass is 10.2. The molecule has 1 aromatic rings. The van der Waals surface area contributed by atoms with E-state index in [0.717, 1.165) is 25.7 Å². The maximum atomic E-state index is 12.9. The van der Waals surface area contributed by atoms with Crippen molar-refractivity contribution in [2.75, 3.05) is 6.54 Å². The third-order valence-electron chi connectivity index (χ3n) is 3.47. The van der Waals surface area contributed by atoms with Crippen LogP contribution in [0, 0.1) is 0 Å². The quantitative estimate of drug-likeness (QED) is 0.802. The molecular weight excluding hydrogens is 360 g/mol. The van der Waals surface area contributed by atoms with Crippen LogP contribution in [-0.4, -0.2) is 30.3 Å². The van der Waals surface area contributed by atoms with Crippen molar-refractivity contribution in [3.63, 3.8) is 0 Å². The van der Waals surface area contributed by atoms with Gasteiger partial charge in [0, 0.05) is 10.5 Å². The standard InChI is InChI=1S/C13H17BrN2O2S2/c14-11-7-3-4-8-12(11)20(17,18)16(9-13(15)19)10-5-1-2-6-10/h3-4,7-8,10H,1-2,5-6,9H2,(H2,15,19). The minimum absolute atomic E-state index is 0.00592. The number of rotatable bonds is 5. The molecule has 7 heteroatoms. The predicted molar refractivity (Wildman–Crippen MR) is 87.1 cm³/mol. The molecule has 0 unspecified atom stereocenters. The van der Waals surface area contributed by atoms with Crippen molar-refractivity contribution in [1.82, 2.24) is 4.31 Å². The summed E-state index contributed by atoms with van der Waals surface area (Å²) in [6, 6.07) is 6.82. The lowest BCUT2D eigenvalue weighted by Crippen LogP contribution is -2.43. The first-order valence-corrected chi connectivity index (χ1v) is 9.11. The van der Waals surface area contributed by atoms with Gasteiger partial charge in [-0.2, -0.15) is 4.31 Å². The van der Waals surface area contributed by atoms with Crippen molar-refractivity contribution >= 4 is 43.2 Å². The summed E-state index contributed by atoms with van der Waals surface area (Å²) in [5.41, 5.74) is 5.59. The molecule has 1 saturated carbocycles. The van der Waals surface area contributed by atoms with Crippen molar-refractivity contribution in [1.29, 1.82) is 0 Å². The van der Waals surface area contributed by atoms with E-state index < -0.39 is 10.0 Å². The van der Waals surface area contributed by atoms with Crippen LogP contribution in [0.15, 0.2) is 33.6 Å². The molecule has 0 radical (unpaired) electrons. The van der Waals surface area contributed by atoms with E-state index in [-0.39, 0.29) is 22.5 Å². The van der Waals surface area contributed by atoms with E-state index in [1.807, 2.05) is 0 Å². The number of nitrogens with two attached hydrogens (primary N) is 1. The molecule has 1 fully saturated rings. The molecule has 4 nitrogen and oxygen atoms in total. The molecule has 2 N–H and O–H groups in total. The number of halogens is 1. The lowest BCUT2D eigenvalue weighted by Gasteiger charge is -2.28. The van der Waals surface area contributed by atoms with Crippen molar-refractivity contribution in [2.45, 2.75) is 36.6 Å². The summed E-state index contributed by atoms with van der Waals surface area (Å²) in [7, 11) is -3.59. The summed E-state index contributed by atoms with van der Waals surface area (Å²) in [5, 5.41) is 0. The van der Waals surface area contributed by atoms with Crippen LogP contribution >= 0.6 is 28.1 Å². The number of hydrogen-bond donors (Lipinski definition) is 1. The Morgan fingerprint density at radius 1 is 1.35 bits per heavy atom. The fourth-order valence-corrected chi connectivity index (χ4v) is 5.39. The van der Waals surface area contributed by atoms with Gasteiger partial charge in [0.25, 0.3) is 0 Å². The molecule has 20 heavy (non-hydrogen) atoms. The molecule has 0 spiro atoms. The Balaban J connectivity index is 2.41. The number of benzene rings is 1. The Morgan fingerprint density at radius 3 is 2.50 bits per heavy atom. The molecule has 0 aliphatic heterocycles. The summed E-state index contributed by atoms with van der Waals surface area (Å²) in [4.78, 5) is 0.468. The minimum Gasteiger partial charge on any atom is -0.392 e. The average Bonchev–Trinajstić information content (AvgIpc) is 2.89. The van der Waals surface area contributed by atoms with Crippen molar-refractivity contribution in [3.8, 4) is 0 Å². The second kappa shape index (κ2) is 6.51. The first kappa shape index (κ1) is 15.9. The van der Waals surface area contributed by atoms with Crippen LogP contribution < -0.4 is 5.73 Å². The van der Waals surface area contributed by atoms with Crippen molar-refractivity contribution in [3.05, 3.63) is 28.7 Å². The normalized spacial score (nSPS) is 16.7. The SMILES string of the molecule is NC(=S)CN(C1CCCC1)S(=O)(=O)c1ccccc1Br. The number of nitrogens with zero attached hydrogens (tertiary/aromatic N) is 1. The minimum atomic E-state index is -3.59. The Labute approximate surface area is 133 Å². The van der Waals surface area contributed by atoms with Crippen LogP contribution in [-0.2, 0) is 10.0 Å². The molecule has 110 valence electrons. The maximum absolute atomic E-state index is 12.9. The Morgan fingerprint density at radius 2 is 1.95 bits per heavy atom. The molecule has 0 aromatic heterocycles. The zero-order valence-corrected chi connectivity index (χ0v) is 14.2. The number of hydrogen-bond acceptors (Lipinski definition) is 3. The fraction of sp³-hybridized carbons (Fsp3) is 0.462. The van der Waals surface area contributed by atoms with Gasteiger partial charge >= 0.3 is 0 Å². The Bertz CT molecular complexity index is 598. The van der Waals surface area contributed by atoms with Crippen LogP contribution in [0.3, 0.4) is 0 Å². The zero-order valence-electron chi connectivity index (χ0n) is 11.0. The van der Waals surface area contributed by atoms with E-state index in [0.29, 0.717) is 4.47 Å². The van der Waals surface area contributed by atoms with E-state index in [2.05, 4.69) is 15.9 Å². The highest BCUT2D eigenvalue weighted by Crippen LogP contribution is 2.31. The summed E-state index contributed by atoms with van der Waals surface area (Å²) >= 11 is 8.22. The highest BCUT2D eigenvalue weighted by Gasteiger charge is 2.34. The van der Waals surface area contributed by atoms with Gasteiger partial charge in [-0.3, -0.25) is 0 Å². The monoisotopic (exact) mass is 376 g/mol. The van der Waals surface area contributed by atoms with Gasteiger partial charge in [0.05, 0.1) is 16.4 Å².